The summed E-state index contributed by atoms with van der Waals surface area (Å²) in [5.74, 6) is -0.0447. The predicted octanol–water partition coefficient (Wildman–Crippen LogP) is 2.08. The van der Waals surface area contributed by atoms with E-state index < -0.39 is 20.8 Å². The van der Waals surface area contributed by atoms with Crippen molar-refractivity contribution in [3.8, 4) is 11.4 Å². The summed E-state index contributed by atoms with van der Waals surface area (Å²) in [5.41, 5.74) is 0.566. The minimum atomic E-state index is -3.58. The number of sulfone groups is 1. The third-order valence-corrected chi connectivity index (χ3v) is 6.05. The molecule has 3 rings (SSSR count). The van der Waals surface area contributed by atoms with Gasteiger partial charge in [0.15, 0.2) is 15.9 Å². The van der Waals surface area contributed by atoms with E-state index in [0.717, 1.165) is 17.9 Å². The van der Waals surface area contributed by atoms with Gasteiger partial charge in [0.1, 0.15) is 5.69 Å². The number of hydrogen-bond acceptors (Lipinski definition) is 9. The standard InChI is InChI=1S/C21H25N7O5S/c1-14(2)19(27-25-20(24-26-27)15-7-5-4-6-8-15)21(29)23-12-11-22-17-10-9-16(34(3,32)33)13-18(17)28(30)31/h4-10,13-14,19,22H,11-12H2,1-3H3,(H,23,29). The van der Waals surface area contributed by atoms with Crippen molar-refractivity contribution >= 4 is 27.1 Å². The van der Waals surface area contributed by atoms with E-state index in [4.69, 9.17) is 0 Å². The Hall–Kier alpha value is -3.87. The van der Waals surface area contributed by atoms with Gasteiger partial charge in [-0.2, -0.15) is 4.80 Å². The largest absolute Gasteiger partial charge is 0.378 e. The summed E-state index contributed by atoms with van der Waals surface area (Å²) in [4.78, 5) is 24.7. The van der Waals surface area contributed by atoms with Gasteiger partial charge in [-0.1, -0.05) is 44.2 Å². The number of hydrogen-bond donors (Lipinski definition) is 2. The number of nitro benzene ring substituents is 1. The van der Waals surface area contributed by atoms with Crippen molar-refractivity contribution in [2.45, 2.75) is 24.8 Å². The lowest BCUT2D eigenvalue weighted by atomic mass is 10.0. The maximum absolute atomic E-state index is 12.8. The van der Waals surface area contributed by atoms with E-state index in [1.54, 1.807) is 0 Å². The number of nitrogens with one attached hydrogen (secondary N) is 2. The van der Waals surface area contributed by atoms with E-state index in [9.17, 15) is 23.3 Å². The highest BCUT2D eigenvalue weighted by atomic mass is 32.2. The first-order valence-electron chi connectivity index (χ1n) is 10.4. The fourth-order valence-electron chi connectivity index (χ4n) is 3.25. The fourth-order valence-corrected chi connectivity index (χ4v) is 3.89. The molecule has 13 heteroatoms. The van der Waals surface area contributed by atoms with Crippen LogP contribution in [-0.2, 0) is 14.6 Å². The molecule has 1 aromatic heterocycles. The van der Waals surface area contributed by atoms with Crippen molar-refractivity contribution in [1.82, 2.24) is 25.5 Å². The van der Waals surface area contributed by atoms with Gasteiger partial charge in [0.05, 0.1) is 9.82 Å². The van der Waals surface area contributed by atoms with Crippen molar-refractivity contribution in [3.05, 3.63) is 58.6 Å². The first-order chi connectivity index (χ1) is 16.1. The monoisotopic (exact) mass is 487 g/mol. The van der Waals surface area contributed by atoms with Crippen molar-refractivity contribution in [3.63, 3.8) is 0 Å². The third kappa shape index (κ3) is 5.92. The third-order valence-electron chi connectivity index (χ3n) is 4.94. The zero-order chi connectivity index (χ0) is 24.9. The van der Waals surface area contributed by atoms with Crippen LogP contribution in [0.2, 0.25) is 0 Å². The number of tetrazole rings is 1. The Morgan fingerprint density at radius 2 is 1.85 bits per heavy atom. The molecule has 1 atom stereocenters. The maximum atomic E-state index is 12.8. The van der Waals surface area contributed by atoms with Crippen LogP contribution in [0.15, 0.2) is 53.4 Å². The predicted molar refractivity (Wildman–Crippen MR) is 125 cm³/mol. The van der Waals surface area contributed by atoms with Gasteiger partial charge < -0.3 is 10.6 Å². The summed E-state index contributed by atoms with van der Waals surface area (Å²) < 4.78 is 23.3. The average molecular weight is 488 g/mol. The fraction of sp³-hybridized carbons (Fsp3) is 0.333. The minimum absolute atomic E-state index is 0.129. The molecule has 1 unspecified atom stereocenters. The number of nitrogens with zero attached hydrogens (tertiary/aromatic N) is 5. The molecular formula is C21H25N7O5S. The molecule has 2 N–H and O–H groups in total. The summed E-state index contributed by atoms with van der Waals surface area (Å²) in [6, 6.07) is 12.2. The highest BCUT2D eigenvalue weighted by Gasteiger charge is 2.27. The van der Waals surface area contributed by atoms with Gasteiger partial charge in [-0.15, -0.1) is 10.2 Å². The van der Waals surface area contributed by atoms with Gasteiger partial charge in [0, 0.05) is 31.0 Å². The number of anilines is 1. The van der Waals surface area contributed by atoms with E-state index in [-0.39, 0.29) is 41.2 Å². The molecule has 3 aromatic rings. The lowest BCUT2D eigenvalue weighted by molar-refractivity contribution is -0.384. The van der Waals surface area contributed by atoms with Gasteiger partial charge in [0.25, 0.3) is 5.69 Å². The van der Waals surface area contributed by atoms with Crippen LogP contribution in [0.4, 0.5) is 11.4 Å². The first-order valence-corrected chi connectivity index (χ1v) is 12.3. The van der Waals surface area contributed by atoms with E-state index in [2.05, 4.69) is 26.0 Å². The number of nitro groups is 1. The second-order valence-electron chi connectivity index (χ2n) is 7.91. The Morgan fingerprint density at radius 3 is 2.47 bits per heavy atom. The van der Waals surface area contributed by atoms with Crippen molar-refractivity contribution < 1.29 is 18.1 Å². The van der Waals surface area contributed by atoms with Crippen LogP contribution in [0.1, 0.15) is 19.9 Å². The molecule has 0 fully saturated rings. The molecule has 34 heavy (non-hydrogen) atoms. The summed E-state index contributed by atoms with van der Waals surface area (Å²) >= 11 is 0. The molecule has 0 radical (unpaired) electrons. The quantitative estimate of drug-likeness (QED) is 0.248. The number of aromatic nitrogens is 4. The molecule has 12 nitrogen and oxygen atoms in total. The Kier molecular flexibility index (Phi) is 7.56. The second kappa shape index (κ2) is 10.4. The molecule has 0 aliphatic carbocycles. The highest BCUT2D eigenvalue weighted by molar-refractivity contribution is 7.90. The van der Waals surface area contributed by atoms with Crippen LogP contribution in [0, 0.1) is 16.0 Å². The number of carbonyl (C=O) groups excluding carboxylic acids is 1. The Labute approximate surface area is 196 Å². The molecule has 2 aromatic carbocycles. The number of benzene rings is 2. The number of carbonyl (C=O) groups is 1. The van der Waals surface area contributed by atoms with Gasteiger partial charge >= 0.3 is 0 Å². The van der Waals surface area contributed by atoms with Crippen LogP contribution >= 0.6 is 0 Å². The van der Waals surface area contributed by atoms with Crippen LogP contribution in [0.25, 0.3) is 11.4 Å². The molecular weight excluding hydrogens is 462 g/mol. The van der Waals surface area contributed by atoms with Gasteiger partial charge in [0.2, 0.25) is 11.7 Å². The molecule has 1 heterocycles. The molecule has 0 saturated carbocycles. The van der Waals surface area contributed by atoms with Crippen molar-refractivity contribution in [2.75, 3.05) is 24.7 Å². The van der Waals surface area contributed by atoms with E-state index in [0.29, 0.717) is 5.82 Å². The Balaban J connectivity index is 1.64. The Bertz CT molecular complexity index is 1280. The van der Waals surface area contributed by atoms with Gasteiger partial charge in [-0.3, -0.25) is 14.9 Å². The molecule has 0 spiro atoms. The molecule has 0 aliphatic rings. The SMILES string of the molecule is CC(C)C(C(=O)NCCNc1ccc(S(C)(=O)=O)cc1[N+](=O)[O-])n1nnc(-c2ccccc2)n1. The molecule has 0 saturated heterocycles. The van der Waals surface area contributed by atoms with E-state index in [1.165, 1.54) is 16.9 Å². The van der Waals surface area contributed by atoms with Crippen LogP contribution in [-0.4, -0.2) is 58.8 Å². The van der Waals surface area contributed by atoms with Crippen LogP contribution in [0.3, 0.4) is 0 Å². The molecule has 0 aliphatic heterocycles. The second-order valence-corrected chi connectivity index (χ2v) is 9.93. The zero-order valence-corrected chi connectivity index (χ0v) is 19.7. The normalized spacial score (nSPS) is 12.4. The van der Waals surface area contributed by atoms with E-state index >= 15 is 0 Å². The Morgan fingerprint density at radius 1 is 1.15 bits per heavy atom. The first kappa shape index (κ1) is 24.8. The summed E-state index contributed by atoms with van der Waals surface area (Å²) in [5, 5.41) is 29.4. The van der Waals surface area contributed by atoms with Crippen molar-refractivity contribution in [1.29, 1.82) is 0 Å². The highest BCUT2D eigenvalue weighted by Crippen LogP contribution is 2.27. The summed E-state index contributed by atoms with van der Waals surface area (Å²) in [7, 11) is -3.58. The van der Waals surface area contributed by atoms with Gasteiger partial charge in [-0.05, 0) is 23.3 Å². The van der Waals surface area contributed by atoms with E-state index in [1.807, 2.05) is 44.2 Å². The number of amides is 1. The lowest BCUT2D eigenvalue weighted by Gasteiger charge is -2.19. The summed E-state index contributed by atoms with van der Waals surface area (Å²) in [6.07, 6.45) is 0.979. The average Bonchev–Trinajstić information content (AvgIpc) is 3.26. The topological polar surface area (TPSA) is 162 Å². The molecule has 1 amide bonds. The minimum Gasteiger partial charge on any atom is -0.378 e. The smallest absolute Gasteiger partial charge is 0.293 e. The van der Waals surface area contributed by atoms with Gasteiger partial charge in [-0.25, -0.2) is 8.42 Å². The maximum Gasteiger partial charge on any atom is 0.293 e. The molecule has 180 valence electrons. The van der Waals surface area contributed by atoms with Crippen LogP contribution in [0.5, 0.6) is 0 Å². The number of rotatable bonds is 10. The lowest BCUT2D eigenvalue weighted by Crippen LogP contribution is -2.38. The molecule has 0 bridgehead atoms. The summed E-state index contributed by atoms with van der Waals surface area (Å²) in [6.45, 7) is 4.06. The van der Waals surface area contributed by atoms with Crippen molar-refractivity contribution in [2.24, 2.45) is 5.92 Å². The zero-order valence-electron chi connectivity index (χ0n) is 18.9. The van der Waals surface area contributed by atoms with Crippen LogP contribution < -0.4 is 10.6 Å².